The monoisotopic (exact) mass is 253 g/mol. The van der Waals surface area contributed by atoms with Crippen LogP contribution in [-0.4, -0.2) is 10.0 Å². The zero-order valence-corrected chi connectivity index (χ0v) is 11.7. The summed E-state index contributed by atoms with van der Waals surface area (Å²) in [5.74, 6) is 0. The van der Waals surface area contributed by atoms with Gasteiger partial charge in [-0.2, -0.15) is 0 Å². The Morgan fingerprint density at radius 1 is 0.947 bits per heavy atom. The van der Waals surface area contributed by atoms with E-state index in [4.69, 9.17) is 4.74 Å². The molecule has 0 saturated heterocycles. The SMILES string of the molecule is CC(C)(C)OCc1ccc2ccc3ccccc3n12. The molecule has 0 aliphatic carbocycles. The lowest BCUT2D eigenvalue weighted by molar-refractivity contribution is -0.0166. The van der Waals surface area contributed by atoms with E-state index >= 15 is 0 Å². The lowest BCUT2D eigenvalue weighted by Crippen LogP contribution is -2.19. The van der Waals surface area contributed by atoms with E-state index in [1.807, 2.05) is 0 Å². The number of hydrogen-bond acceptors (Lipinski definition) is 1. The molecule has 0 fully saturated rings. The second-order valence-corrected chi connectivity index (χ2v) is 5.88. The molecule has 2 heterocycles. The number of pyridine rings is 1. The highest BCUT2D eigenvalue weighted by Crippen LogP contribution is 2.22. The lowest BCUT2D eigenvalue weighted by atomic mass is 10.2. The number of hydrogen-bond donors (Lipinski definition) is 0. The summed E-state index contributed by atoms with van der Waals surface area (Å²) in [7, 11) is 0. The van der Waals surface area contributed by atoms with Gasteiger partial charge in [0, 0.05) is 11.2 Å². The van der Waals surface area contributed by atoms with Crippen LogP contribution in [0.5, 0.6) is 0 Å². The molecule has 19 heavy (non-hydrogen) atoms. The minimum absolute atomic E-state index is 0.116. The number of nitrogens with zero attached hydrogens (tertiary/aromatic N) is 1. The highest BCUT2D eigenvalue weighted by Gasteiger charge is 2.12. The minimum atomic E-state index is -0.116. The van der Waals surface area contributed by atoms with Crippen molar-refractivity contribution in [1.29, 1.82) is 0 Å². The van der Waals surface area contributed by atoms with Crippen molar-refractivity contribution < 1.29 is 4.74 Å². The third kappa shape index (κ3) is 2.36. The van der Waals surface area contributed by atoms with Crippen LogP contribution in [0.4, 0.5) is 0 Å². The van der Waals surface area contributed by atoms with Gasteiger partial charge in [0.2, 0.25) is 0 Å². The molecule has 0 bridgehead atoms. The molecular weight excluding hydrogens is 234 g/mol. The second kappa shape index (κ2) is 4.39. The fourth-order valence-corrected chi connectivity index (χ4v) is 2.33. The summed E-state index contributed by atoms with van der Waals surface area (Å²) in [6.45, 7) is 6.88. The van der Waals surface area contributed by atoms with Crippen LogP contribution >= 0.6 is 0 Å². The van der Waals surface area contributed by atoms with Gasteiger partial charge in [0.1, 0.15) is 0 Å². The van der Waals surface area contributed by atoms with Gasteiger partial charge in [-0.05, 0) is 50.4 Å². The molecule has 0 spiro atoms. The number of para-hydroxylation sites is 1. The van der Waals surface area contributed by atoms with Crippen molar-refractivity contribution in [3.63, 3.8) is 0 Å². The van der Waals surface area contributed by atoms with Gasteiger partial charge < -0.3 is 9.14 Å². The van der Waals surface area contributed by atoms with Gasteiger partial charge in [0.25, 0.3) is 0 Å². The van der Waals surface area contributed by atoms with E-state index in [9.17, 15) is 0 Å². The van der Waals surface area contributed by atoms with Crippen molar-refractivity contribution in [2.24, 2.45) is 0 Å². The Morgan fingerprint density at radius 2 is 1.68 bits per heavy atom. The number of ether oxygens (including phenoxy) is 1. The van der Waals surface area contributed by atoms with Crippen LogP contribution in [0.25, 0.3) is 16.4 Å². The highest BCUT2D eigenvalue weighted by atomic mass is 16.5. The van der Waals surface area contributed by atoms with Crippen LogP contribution < -0.4 is 0 Å². The van der Waals surface area contributed by atoms with E-state index in [1.54, 1.807) is 0 Å². The van der Waals surface area contributed by atoms with Crippen LogP contribution in [-0.2, 0) is 11.3 Å². The molecule has 2 aromatic heterocycles. The molecule has 0 saturated carbocycles. The van der Waals surface area contributed by atoms with Gasteiger partial charge in [-0.3, -0.25) is 0 Å². The topological polar surface area (TPSA) is 13.6 Å². The maximum atomic E-state index is 5.91. The van der Waals surface area contributed by atoms with Crippen molar-refractivity contribution in [2.45, 2.75) is 33.0 Å². The molecule has 0 aliphatic rings. The molecule has 0 unspecified atom stereocenters. The number of aromatic nitrogens is 1. The van der Waals surface area contributed by atoms with Crippen molar-refractivity contribution in [3.05, 3.63) is 54.2 Å². The smallest absolute Gasteiger partial charge is 0.0878 e. The largest absolute Gasteiger partial charge is 0.370 e. The Balaban J connectivity index is 2.12. The Hall–Kier alpha value is -1.80. The Labute approximate surface area is 113 Å². The van der Waals surface area contributed by atoms with Crippen molar-refractivity contribution >= 4 is 16.4 Å². The molecule has 0 atom stereocenters. The molecule has 3 aromatic rings. The summed E-state index contributed by atoms with van der Waals surface area (Å²) in [5.41, 5.74) is 3.53. The average molecular weight is 253 g/mol. The van der Waals surface area contributed by atoms with E-state index in [1.165, 1.54) is 22.1 Å². The second-order valence-electron chi connectivity index (χ2n) is 5.88. The Kier molecular flexibility index (Phi) is 2.83. The third-order valence-electron chi connectivity index (χ3n) is 3.26. The molecule has 0 aliphatic heterocycles. The first kappa shape index (κ1) is 12.2. The summed E-state index contributed by atoms with van der Waals surface area (Å²) >= 11 is 0. The molecular formula is C17H19NO. The van der Waals surface area contributed by atoms with Crippen molar-refractivity contribution in [3.8, 4) is 0 Å². The molecule has 98 valence electrons. The minimum Gasteiger partial charge on any atom is -0.370 e. The van der Waals surface area contributed by atoms with Gasteiger partial charge in [0.05, 0.1) is 17.7 Å². The molecule has 0 radical (unpaired) electrons. The van der Waals surface area contributed by atoms with Crippen LogP contribution in [0, 0.1) is 0 Å². The fourth-order valence-electron chi connectivity index (χ4n) is 2.33. The predicted octanol–water partition coefficient (Wildman–Crippen LogP) is 4.41. The third-order valence-corrected chi connectivity index (χ3v) is 3.26. The molecule has 2 nitrogen and oxygen atoms in total. The standard InChI is InChI=1S/C17H19NO/c1-17(2,3)19-12-15-11-10-14-9-8-13-6-4-5-7-16(13)18(14)15/h4-11H,12H2,1-3H3. The van der Waals surface area contributed by atoms with Crippen LogP contribution in [0.2, 0.25) is 0 Å². The summed E-state index contributed by atoms with van der Waals surface area (Å²) in [5, 5.41) is 1.25. The molecule has 0 amide bonds. The molecule has 1 aromatic carbocycles. The first-order valence-corrected chi connectivity index (χ1v) is 6.67. The van der Waals surface area contributed by atoms with E-state index in [0.717, 1.165) is 0 Å². The average Bonchev–Trinajstić information content (AvgIpc) is 2.79. The summed E-state index contributed by atoms with van der Waals surface area (Å²) in [6, 6.07) is 17.1. The van der Waals surface area contributed by atoms with Crippen molar-refractivity contribution in [1.82, 2.24) is 4.40 Å². The van der Waals surface area contributed by atoms with E-state index in [0.29, 0.717) is 6.61 Å². The van der Waals surface area contributed by atoms with E-state index in [-0.39, 0.29) is 5.60 Å². The van der Waals surface area contributed by atoms with Crippen LogP contribution in [0.3, 0.4) is 0 Å². The number of benzene rings is 1. The number of rotatable bonds is 2. The van der Waals surface area contributed by atoms with Crippen LogP contribution in [0.1, 0.15) is 26.5 Å². The summed E-state index contributed by atoms with van der Waals surface area (Å²) in [6.07, 6.45) is 0. The Bertz CT molecular complexity index is 719. The van der Waals surface area contributed by atoms with Crippen LogP contribution in [0.15, 0.2) is 48.5 Å². The van der Waals surface area contributed by atoms with Gasteiger partial charge in [-0.25, -0.2) is 0 Å². The maximum absolute atomic E-state index is 5.91. The van der Waals surface area contributed by atoms with Gasteiger partial charge in [-0.1, -0.05) is 24.3 Å². The van der Waals surface area contributed by atoms with Crippen molar-refractivity contribution in [2.75, 3.05) is 0 Å². The first-order chi connectivity index (χ1) is 9.04. The van der Waals surface area contributed by atoms with Gasteiger partial charge >= 0.3 is 0 Å². The molecule has 3 rings (SSSR count). The zero-order chi connectivity index (χ0) is 13.5. The maximum Gasteiger partial charge on any atom is 0.0878 e. The first-order valence-electron chi connectivity index (χ1n) is 6.67. The lowest BCUT2D eigenvalue weighted by Gasteiger charge is -2.19. The van der Waals surface area contributed by atoms with E-state index < -0.39 is 0 Å². The normalized spacial score (nSPS) is 12.4. The molecule has 0 N–H and O–H groups in total. The van der Waals surface area contributed by atoms with E-state index in [2.05, 4.69) is 73.7 Å². The summed E-state index contributed by atoms with van der Waals surface area (Å²) < 4.78 is 8.19. The number of fused-ring (bicyclic) bond motifs is 3. The fraction of sp³-hybridized carbons (Fsp3) is 0.294. The summed E-state index contributed by atoms with van der Waals surface area (Å²) in [4.78, 5) is 0. The zero-order valence-electron chi connectivity index (χ0n) is 11.7. The van der Waals surface area contributed by atoms with Gasteiger partial charge in [-0.15, -0.1) is 0 Å². The Morgan fingerprint density at radius 3 is 2.47 bits per heavy atom. The quantitative estimate of drug-likeness (QED) is 0.659. The molecule has 2 heteroatoms. The highest BCUT2D eigenvalue weighted by molar-refractivity contribution is 5.83. The predicted molar refractivity (Wildman–Crippen MR) is 79.4 cm³/mol. The van der Waals surface area contributed by atoms with Gasteiger partial charge in [0.15, 0.2) is 0 Å².